The number of furan rings is 2. The minimum absolute atomic E-state index is 0.0333. The summed E-state index contributed by atoms with van der Waals surface area (Å²) in [7, 11) is -1.65. The van der Waals surface area contributed by atoms with E-state index >= 15 is 0 Å². The lowest BCUT2D eigenvalue weighted by Gasteiger charge is -2.19. The summed E-state index contributed by atoms with van der Waals surface area (Å²) in [4.78, 5) is 47.2. The summed E-state index contributed by atoms with van der Waals surface area (Å²) in [5, 5.41) is 22.8. The second-order valence-corrected chi connectivity index (χ2v) is 14.5. The number of hydrogen-bond donors (Lipinski definition) is 4. The molecule has 4 N–H and O–H groups in total. The number of halogens is 1. The van der Waals surface area contributed by atoms with Gasteiger partial charge in [-0.3, -0.25) is 9.97 Å². The Morgan fingerprint density at radius 2 is 1.12 bits per heavy atom. The van der Waals surface area contributed by atoms with E-state index in [2.05, 4.69) is 56.5 Å². The molecule has 0 atom stereocenters. The van der Waals surface area contributed by atoms with Gasteiger partial charge in [0.1, 0.15) is 46.8 Å². The number of rotatable bonds is 8. The summed E-state index contributed by atoms with van der Waals surface area (Å²) in [6.45, 7) is 11.1. The summed E-state index contributed by atoms with van der Waals surface area (Å²) >= 11 is 3.41. The van der Waals surface area contributed by atoms with Crippen molar-refractivity contribution in [2.24, 2.45) is 0 Å². The molecule has 6 rings (SSSR count). The molecule has 6 aromatic heterocycles. The van der Waals surface area contributed by atoms with Crippen molar-refractivity contribution >= 4 is 40.9 Å². The molecule has 18 heteroatoms. The molecule has 0 aromatic carbocycles. The van der Waals surface area contributed by atoms with Gasteiger partial charge in [-0.05, 0) is 99.4 Å². The van der Waals surface area contributed by atoms with Crippen molar-refractivity contribution in [1.82, 2.24) is 40.5 Å². The van der Waals surface area contributed by atoms with Crippen LogP contribution in [-0.2, 0) is 22.6 Å². The number of nitrogens with one attached hydrogen (secondary N) is 2. The van der Waals surface area contributed by atoms with Crippen LogP contribution in [0, 0.1) is 0 Å². The number of hydrogen-bond acceptors (Lipinski definition) is 14. The Morgan fingerprint density at radius 1 is 0.643 bits per heavy atom. The number of carbonyl (C=O) groups is 2. The van der Waals surface area contributed by atoms with Crippen LogP contribution in [0.25, 0.3) is 33.6 Å². The van der Waals surface area contributed by atoms with Crippen molar-refractivity contribution in [2.75, 3.05) is 0 Å². The quantitative estimate of drug-likeness (QED) is 0.127. The average molecular weight is 830 g/mol. The number of ether oxygens (including phenoxy) is 2. The van der Waals surface area contributed by atoms with Gasteiger partial charge in [0, 0.05) is 76.3 Å². The molecule has 0 saturated heterocycles. The van der Waals surface area contributed by atoms with Crippen molar-refractivity contribution in [3.63, 3.8) is 0 Å². The zero-order chi connectivity index (χ0) is 40.7. The second-order valence-electron chi connectivity index (χ2n) is 13.7. The van der Waals surface area contributed by atoms with E-state index in [-0.39, 0.29) is 18.7 Å². The molecule has 0 aliphatic rings. The van der Waals surface area contributed by atoms with E-state index in [4.69, 9.17) is 28.4 Å². The van der Waals surface area contributed by atoms with Gasteiger partial charge in [0.05, 0.1) is 13.1 Å². The van der Waals surface area contributed by atoms with Crippen LogP contribution in [0.1, 0.15) is 53.1 Å². The molecule has 0 aliphatic carbocycles. The lowest BCUT2D eigenvalue weighted by atomic mass is 9.88. The minimum Gasteiger partial charge on any atom is -0.468 e. The minimum atomic E-state index is -1.65. The molecule has 0 unspecified atom stereocenters. The highest BCUT2D eigenvalue weighted by Crippen LogP contribution is 2.32. The number of amides is 2. The number of pyridine rings is 2. The van der Waals surface area contributed by atoms with Gasteiger partial charge in [-0.2, -0.15) is 0 Å². The molecule has 6 aromatic rings. The van der Waals surface area contributed by atoms with E-state index in [9.17, 15) is 9.59 Å². The predicted molar refractivity (Wildman–Crippen MR) is 211 cm³/mol. The first kappa shape index (κ1) is 42.8. The molecule has 16 nitrogen and oxygen atoms in total. The van der Waals surface area contributed by atoms with Crippen LogP contribution in [0.5, 0.6) is 0 Å². The van der Waals surface area contributed by atoms with Gasteiger partial charge in [0.2, 0.25) is 0 Å². The molecule has 0 aliphatic heterocycles. The Labute approximate surface area is 332 Å². The normalized spacial score (nSPS) is 10.9. The zero-order valence-corrected chi connectivity index (χ0v) is 33.2. The van der Waals surface area contributed by atoms with Crippen LogP contribution in [0.4, 0.5) is 9.59 Å². The van der Waals surface area contributed by atoms with Crippen LogP contribution in [0.15, 0.2) is 112 Å². The summed E-state index contributed by atoms with van der Waals surface area (Å²) in [6.07, 6.45) is 15.9. The van der Waals surface area contributed by atoms with Crippen molar-refractivity contribution in [3.8, 4) is 33.6 Å². The van der Waals surface area contributed by atoms with Crippen molar-refractivity contribution in [2.45, 2.75) is 65.8 Å². The highest BCUT2D eigenvalue weighted by molar-refractivity contribution is 9.10. The molecule has 0 spiro atoms. The molecular formula is C38H42BBrN8O8. The Balaban J connectivity index is 0.000000200. The molecule has 292 valence electrons. The van der Waals surface area contributed by atoms with Crippen molar-refractivity contribution < 1.29 is 37.9 Å². The van der Waals surface area contributed by atoms with Crippen LogP contribution >= 0.6 is 15.9 Å². The summed E-state index contributed by atoms with van der Waals surface area (Å²) in [5.41, 5.74) is 3.58. The van der Waals surface area contributed by atoms with Gasteiger partial charge < -0.3 is 39.0 Å². The highest BCUT2D eigenvalue weighted by atomic mass is 79.9. The Morgan fingerprint density at radius 3 is 1.62 bits per heavy atom. The van der Waals surface area contributed by atoms with Crippen LogP contribution in [-0.4, -0.2) is 70.5 Å². The van der Waals surface area contributed by atoms with E-state index in [0.717, 1.165) is 32.3 Å². The molecule has 6 heterocycles. The van der Waals surface area contributed by atoms with Gasteiger partial charge >= 0.3 is 19.3 Å². The van der Waals surface area contributed by atoms with Crippen molar-refractivity contribution in [3.05, 3.63) is 115 Å². The third-order valence-corrected chi connectivity index (χ3v) is 7.44. The van der Waals surface area contributed by atoms with E-state index in [1.807, 2.05) is 45.0 Å². The van der Waals surface area contributed by atoms with E-state index < -0.39 is 30.5 Å². The van der Waals surface area contributed by atoms with Crippen LogP contribution in [0.3, 0.4) is 0 Å². The highest BCUT2D eigenvalue weighted by Gasteiger charge is 2.19. The predicted octanol–water partition coefficient (Wildman–Crippen LogP) is 6.11. The number of carbonyl (C=O) groups excluding carboxylic acids is 2. The molecule has 0 fully saturated rings. The fraction of sp³-hybridized carbons (Fsp3) is 0.263. The summed E-state index contributed by atoms with van der Waals surface area (Å²) < 4.78 is 22.1. The maximum absolute atomic E-state index is 11.7. The first-order valence-electron chi connectivity index (χ1n) is 17.1. The van der Waals surface area contributed by atoms with Gasteiger partial charge in [0.25, 0.3) is 0 Å². The molecule has 0 radical (unpaired) electrons. The Hall–Kier alpha value is -5.98. The topological polar surface area (TPSA) is 221 Å². The van der Waals surface area contributed by atoms with Gasteiger partial charge in [-0.1, -0.05) is 0 Å². The lowest BCUT2D eigenvalue weighted by Crippen LogP contribution is -2.32. The smallest absolute Gasteiger partial charge is 0.468 e. The third-order valence-electron chi connectivity index (χ3n) is 6.81. The largest absolute Gasteiger partial charge is 0.526 e. The van der Waals surface area contributed by atoms with E-state index in [1.54, 1.807) is 76.4 Å². The number of nitrogens with zero attached hydrogens (tertiary/aromatic N) is 6. The third kappa shape index (κ3) is 14.4. The fourth-order valence-corrected chi connectivity index (χ4v) is 5.00. The van der Waals surface area contributed by atoms with Crippen molar-refractivity contribution in [1.29, 1.82) is 0 Å². The molecule has 0 bridgehead atoms. The fourth-order valence-electron chi connectivity index (χ4n) is 4.52. The summed E-state index contributed by atoms with van der Waals surface area (Å²) in [6, 6.07) is 10.4. The van der Waals surface area contributed by atoms with Crippen LogP contribution < -0.4 is 16.3 Å². The standard InChI is InChI=1S/C19H20N4O3.C10H16BNO5.C9H6BrN3/c1-19(2,3)26-18(24)23-10-14-4-5-17(25-14)16-11-20-7-6-15(16)13-8-21-12-22-9-13;1-10(2,3)17-9(13)12-6-7-4-5-8(16-7)11(14)15;10-9-5-11-2-1-8(9)7-3-12-6-13-4-7/h4-9,11-12H,10H2,1-3H3,(H,23,24);4-5,14-15H,6H2,1-3H3,(H,12,13);1-6H. The first-order chi connectivity index (χ1) is 26.6. The second kappa shape index (κ2) is 20.1. The van der Waals surface area contributed by atoms with E-state index in [1.165, 1.54) is 18.7 Å². The number of alkyl carbamates (subject to hydrolysis) is 2. The van der Waals surface area contributed by atoms with Gasteiger partial charge in [0.15, 0.2) is 0 Å². The average Bonchev–Trinajstić information content (AvgIpc) is 3.84. The first-order valence-corrected chi connectivity index (χ1v) is 17.9. The number of aromatic nitrogens is 6. The van der Waals surface area contributed by atoms with Crippen LogP contribution in [0.2, 0.25) is 0 Å². The van der Waals surface area contributed by atoms with Gasteiger partial charge in [-0.15, -0.1) is 0 Å². The Kier molecular flexibility index (Phi) is 15.3. The summed E-state index contributed by atoms with van der Waals surface area (Å²) in [5.74, 6) is 1.68. The molecule has 56 heavy (non-hydrogen) atoms. The SMILES string of the molecule is Brc1cnccc1-c1cncnc1.CC(C)(C)OC(=O)NCc1ccc(-c2cnccc2-c2cncnc2)o1.CC(C)(C)OC(=O)NCc1ccc(B(O)O)o1. The lowest BCUT2D eigenvalue weighted by molar-refractivity contribution is 0.0509. The Bertz CT molecular complexity index is 2140. The molecule has 2 amide bonds. The maximum Gasteiger partial charge on any atom is 0.526 e. The zero-order valence-electron chi connectivity index (χ0n) is 31.6. The van der Waals surface area contributed by atoms with E-state index in [0.29, 0.717) is 17.3 Å². The van der Waals surface area contributed by atoms with Gasteiger partial charge in [-0.25, -0.2) is 29.5 Å². The maximum atomic E-state index is 11.7. The molecular weight excluding hydrogens is 787 g/mol. The monoisotopic (exact) mass is 828 g/mol. The molecule has 0 saturated carbocycles.